The second-order valence-corrected chi connectivity index (χ2v) is 3.94. The van der Waals surface area contributed by atoms with Crippen LogP contribution in [0.25, 0.3) is 0 Å². The van der Waals surface area contributed by atoms with E-state index in [0.717, 1.165) is 0 Å². The average Bonchev–Trinajstić information content (AvgIpc) is 2.85. The molecule has 1 aromatic heterocycles. The van der Waals surface area contributed by atoms with Crippen LogP contribution in [0.2, 0.25) is 0 Å². The first-order valence-electron chi connectivity index (χ1n) is 5.63. The van der Waals surface area contributed by atoms with E-state index in [2.05, 4.69) is 10.3 Å². The highest BCUT2D eigenvalue weighted by atomic mass is 19.1. The van der Waals surface area contributed by atoms with E-state index in [4.69, 9.17) is 0 Å². The molecule has 0 aliphatic carbocycles. The molecule has 0 spiro atoms. The second-order valence-electron chi connectivity index (χ2n) is 3.94. The SMILES string of the molecule is O=C(NCCc1c(F)cc(F)cc1F)c1ccc[nH]1. The summed E-state index contributed by atoms with van der Waals surface area (Å²) in [5.74, 6) is -3.24. The first-order valence-corrected chi connectivity index (χ1v) is 5.63. The maximum Gasteiger partial charge on any atom is 0.267 e. The van der Waals surface area contributed by atoms with Crippen LogP contribution >= 0.6 is 0 Å². The Hall–Kier alpha value is -2.24. The van der Waals surface area contributed by atoms with Gasteiger partial charge in [-0.1, -0.05) is 0 Å². The van der Waals surface area contributed by atoms with Crippen LogP contribution < -0.4 is 5.32 Å². The van der Waals surface area contributed by atoms with Gasteiger partial charge in [-0.3, -0.25) is 4.79 Å². The fraction of sp³-hybridized carbons (Fsp3) is 0.154. The molecule has 1 aromatic carbocycles. The molecule has 0 bridgehead atoms. The molecule has 0 saturated carbocycles. The van der Waals surface area contributed by atoms with Gasteiger partial charge in [-0.25, -0.2) is 13.2 Å². The third-order valence-electron chi connectivity index (χ3n) is 2.61. The molecule has 0 aliphatic heterocycles. The lowest BCUT2D eigenvalue weighted by molar-refractivity contribution is 0.0949. The molecular weight excluding hydrogens is 257 g/mol. The molecule has 0 radical (unpaired) electrons. The molecule has 100 valence electrons. The molecule has 1 amide bonds. The van der Waals surface area contributed by atoms with Crippen molar-refractivity contribution in [1.82, 2.24) is 10.3 Å². The minimum absolute atomic E-state index is 0.0512. The van der Waals surface area contributed by atoms with Crippen LogP contribution in [0.5, 0.6) is 0 Å². The predicted octanol–water partition coefficient (Wildman–Crippen LogP) is 2.40. The number of halogens is 3. The third kappa shape index (κ3) is 3.15. The van der Waals surface area contributed by atoms with Crippen molar-refractivity contribution in [1.29, 1.82) is 0 Å². The number of nitrogens with one attached hydrogen (secondary N) is 2. The number of aromatic nitrogens is 1. The summed E-state index contributed by atoms with van der Waals surface area (Å²) in [4.78, 5) is 14.2. The van der Waals surface area contributed by atoms with Gasteiger partial charge in [-0.2, -0.15) is 0 Å². The highest BCUT2D eigenvalue weighted by Gasteiger charge is 2.12. The molecule has 0 atom stereocenters. The highest BCUT2D eigenvalue weighted by molar-refractivity contribution is 5.92. The normalized spacial score (nSPS) is 10.5. The molecule has 1 heterocycles. The van der Waals surface area contributed by atoms with Gasteiger partial charge < -0.3 is 10.3 Å². The summed E-state index contributed by atoms with van der Waals surface area (Å²) in [5, 5.41) is 2.51. The van der Waals surface area contributed by atoms with Crippen LogP contribution in [0.1, 0.15) is 16.1 Å². The van der Waals surface area contributed by atoms with Crippen molar-refractivity contribution in [2.75, 3.05) is 6.54 Å². The molecule has 0 aliphatic rings. The molecule has 0 unspecified atom stereocenters. The molecule has 2 aromatic rings. The highest BCUT2D eigenvalue weighted by Crippen LogP contribution is 2.14. The standard InChI is InChI=1S/C13H11F3N2O/c14-8-6-10(15)9(11(16)7-8)3-5-18-13(19)12-2-1-4-17-12/h1-2,4,6-7,17H,3,5H2,(H,18,19). The Bertz CT molecular complexity index is 559. The zero-order valence-electron chi connectivity index (χ0n) is 9.84. The summed E-state index contributed by atoms with van der Waals surface area (Å²) in [7, 11) is 0. The van der Waals surface area contributed by atoms with E-state index in [0.29, 0.717) is 17.8 Å². The molecule has 2 rings (SSSR count). The molecule has 0 fully saturated rings. The van der Waals surface area contributed by atoms with Crippen molar-refractivity contribution in [2.45, 2.75) is 6.42 Å². The number of H-pyrrole nitrogens is 1. The Morgan fingerprint density at radius 1 is 1.21 bits per heavy atom. The zero-order valence-corrected chi connectivity index (χ0v) is 9.84. The van der Waals surface area contributed by atoms with E-state index in [1.54, 1.807) is 18.3 Å². The van der Waals surface area contributed by atoms with Gasteiger partial charge >= 0.3 is 0 Å². The van der Waals surface area contributed by atoms with Gasteiger partial charge in [0.05, 0.1) is 0 Å². The summed E-state index contributed by atoms with van der Waals surface area (Å²) in [6.07, 6.45) is 1.54. The van der Waals surface area contributed by atoms with Gasteiger partial charge in [-0.05, 0) is 18.6 Å². The van der Waals surface area contributed by atoms with Gasteiger partial charge in [0.15, 0.2) is 0 Å². The summed E-state index contributed by atoms with van der Waals surface area (Å²) < 4.78 is 39.3. The van der Waals surface area contributed by atoms with Crippen LogP contribution in [0.4, 0.5) is 13.2 Å². The summed E-state index contributed by atoms with van der Waals surface area (Å²) in [6, 6.07) is 4.47. The maximum atomic E-state index is 13.3. The maximum absolute atomic E-state index is 13.3. The lowest BCUT2D eigenvalue weighted by atomic mass is 10.1. The molecular formula is C13H11F3N2O. The lowest BCUT2D eigenvalue weighted by Gasteiger charge is -2.06. The second kappa shape index (κ2) is 5.60. The van der Waals surface area contributed by atoms with Gasteiger partial charge in [0.25, 0.3) is 5.91 Å². The van der Waals surface area contributed by atoms with E-state index in [1.165, 1.54) is 0 Å². The molecule has 6 heteroatoms. The Morgan fingerprint density at radius 3 is 2.47 bits per heavy atom. The number of hydrogen-bond acceptors (Lipinski definition) is 1. The van der Waals surface area contributed by atoms with Gasteiger partial charge in [0, 0.05) is 30.4 Å². The lowest BCUT2D eigenvalue weighted by Crippen LogP contribution is -2.26. The fourth-order valence-corrected chi connectivity index (χ4v) is 1.68. The fourth-order valence-electron chi connectivity index (χ4n) is 1.68. The van der Waals surface area contributed by atoms with E-state index >= 15 is 0 Å². The van der Waals surface area contributed by atoms with Crippen molar-refractivity contribution in [3.8, 4) is 0 Å². The van der Waals surface area contributed by atoms with Crippen molar-refractivity contribution >= 4 is 5.91 Å². The first kappa shape index (κ1) is 13.2. The summed E-state index contributed by atoms with van der Waals surface area (Å²) in [5.41, 5.74) is 0.119. The van der Waals surface area contributed by atoms with Gasteiger partial charge in [0.1, 0.15) is 23.1 Å². The number of carbonyl (C=O) groups excluding carboxylic acids is 1. The van der Waals surface area contributed by atoms with E-state index in [9.17, 15) is 18.0 Å². The van der Waals surface area contributed by atoms with E-state index < -0.39 is 17.5 Å². The van der Waals surface area contributed by atoms with Crippen LogP contribution in [0.3, 0.4) is 0 Å². The predicted molar refractivity (Wildman–Crippen MR) is 63.1 cm³/mol. The minimum atomic E-state index is -0.964. The van der Waals surface area contributed by atoms with Crippen LogP contribution in [0, 0.1) is 17.5 Å². The number of rotatable bonds is 4. The Labute approximate surface area is 107 Å². The molecule has 3 nitrogen and oxygen atoms in total. The van der Waals surface area contributed by atoms with Crippen LogP contribution in [0.15, 0.2) is 30.5 Å². The average molecular weight is 268 g/mol. The Kier molecular flexibility index (Phi) is 3.89. The quantitative estimate of drug-likeness (QED) is 0.878. The first-order chi connectivity index (χ1) is 9.08. The largest absolute Gasteiger partial charge is 0.357 e. The number of aromatic amines is 1. The van der Waals surface area contributed by atoms with Crippen molar-refractivity contribution < 1.29 is 18.0 Å². The number of carbonyl (C=O) groups is 1. The van der Waals surface area contributed by atoms with Gasteiger partial charge in [-0.15, -0.1) is 0 Å². The smallest absolute Gasteiger partial charge is 0.267 e. The molecule has 2 N–H and O–H groups in total. The Balaban J connectivity index is 1.95. The van der Waals surface area contributed by atoms with Crippen LogP contribution in [-0.2, 0) is 6.42 Å². The van der Waals surface area contributed by atoms with E-state index in [1.807, 2.05) is 0 Å². The Morgan fingerprint density at radius 2 is 1.89 bits per heavy atom. The monoisotopic (exact) mass is 268 g/mol. The zero-order chi connectivity index (χ0) is 13.8. The van der Waals surface area contributed by atoms with Gasteiger partial charge in [0.2, 0.25) is 0 Å². The molecule has 19 heavy (non-hydrogen) atoms. The topological polar surface area (TPSA) is 44.9 Å². The number of amides is 1. The number of benzene rings is 1. The van der Waals surface area contributed by atoms with Crippen molar-refractivity contribution in [3.63, 3.8) is 0 Å². The van der Waals surface area contributed by atoms with Crippen molar-refractivity contribution in [2.24, 2.45) is 0 Å². The summed E-state index contributed by atoms with van der Waals surface area (Å²) in [6.45, 7) is 0.0529. The molecule has 0 saturated heterocycles. The van der Waals surface area contributed by atoms with E-state index in [-0.39, 0.29) is 24.4 Å². The third-order valence-corrected chi connectivity index (χ3v) is 2.61. The minimum Gasteiger partial charge on any atom is -0.357 e. The van der Waals surface area contributed by atoms with Crippen LogP contribution in [-0.4, -0.2) is 17.4 Å². The van der Waals surface area contributed by atoms with Crippen molar-refractivity contribution in [3.05, 3.63) is 59.2 Å². The summed E-state index contributed by atoms with van der Waals surface area (Å²) >= 11 is 0. The number of hydrogen-bond donors (Lipinski definition) is 2.